The van der Waals surface area contributed by atoms with Gasteiger partial charge in [-0.05, 0) is 45.0 Å². The fourth-order valence-corrected chi connectivity index (χ4v) is 3.40. The van der Waals surface area contributed by atoms with Crippen molar-refractivity contribution in [3.05, 3.63) is 64.0 Å². The summed E-state index contributed by atoms with van der Waals surface area (Å²) in [5, 5.41) is 14.7. The van der Waals surface area contributed by atoms with E-state index in [1.165, 1.54) is 6.07 Å². The van der Waals surface area contributed by atoms with E-state index >= 15 is 0 Å². The Morgan fingerprint density at radius 2 is 2.00 bits per heavy atom. The highest BCUT2D eigenvalue weighted by molar-refractivity contribution is 5.96. The second kappa shape index (κ2) is 8.35. The molecule has 1 aromatic heterocycles. The zero-order valence-corrected chi connectivity index (χ0v) is 16.2. The third kappa shape index (κ3) is 4.45. The van der Waals surface area contributed by atoms with E-state index in [1.807, 2.05) is 39.0 Å². The molecule has 0 spiro atoms. The maximum absolute atomic E-state index is 12.8. The number of hydrogen-bond acceptors (Lipinski definition) is 6. The molecule has 0 saturated carbocycles. The molecule has 8 heteroatoms. The SMILES string of the molecule is CC1CN(C(=O)c2ccc(NC(C)c3ccccn3)c([N+](=O)[O-])c2)CC(C)O1. The number of pyridine rings is 1. The van der Waals surface area contributed by atoms with Gasteiger partial charge in [0.2, 0.25) is 0 Å². The Bertz CT molecular complexity index is 849. The number of amides is 1. The summed E-state index contributed by atoms with van der Waals surface area (Å²) in [5.41, 5.74) is 1.28. The predicted molar refractivity (Wildman–Crippen MR) is 105 cm³/mol. The molecule has 8 nitrogen and oxygen atoms in total. The van der Waals surface area contributed by atoms with Crippen LogP contribution in [0.25, 0.3) is 0 Å². The van der Waals surface area contributed by atoms with Gasteiger partial charge in [0.25, 0.3) is 11.6 Å². The Labute approximate surface area is 163 Å². The summed E-state index contributed by atoms with van der Waals surface area (Å²) in [6.07, 6.45) is 1.54. The maximum atomic E-state index is 12.8. The Morgan fingerprint density at radius 1 is 1.29 bits per heavy atom. The lowest BCUT2D eigenvalue weighted by Crippen LogP contribution is -2.48. The number of carbonyl (C=O) groups excluding carboxylic acids is 1. The van der Waals surface area contributed by atoms with Crippen LogP contribution in [0.4, 0.5) is 11.4 Å². The Morgan fingerprint density at radius 3 is 2.61 bits per heavy atom. The van der Waals surface area contributed by atoms with Crippen LogP contribution in [0.2, 0.25) is 0 Å². The normalized spacial score (nSPS) is 20.5. The van der Waals surface area contributed by atoms with Gasteiger partial charge < -0.3 is 15.0 Å². The molecule has 1 aliphatic rings. The van der Waals surface area contributed by atoms with Crippen LogP contribution in [0, 0.1) is 10.1 Å². The van der Waals surface area contributed by atoms with Gasteiger partial charge in [-0.3, -0.25) is 19.9 Å². The van der Waals surface area contributed by atoms with Crippen LogP contribution in [0.1, 0.15) is 42.9 Å². The molecule has 3 unspecified atom stereocenters. The number of anilines is 1. The van der Waals surface area contributed by atoms with E-state index in [4.69, 9.17) is 4.74 Å². The number of nitro groups is 1. The van der Waals surface area contributed by atoms with Gasteiger partial charge in [0, 0.05) is 30.9 Å². The molecule has 148 valence electrons. The average Bonchev–Trinajstić information content (AvgIpc) is 2.67. The van der Waals surface area contributed by atoms with E-state index in [0.717, 1.165) is 5.69 Å². The molecule has 1 aliphatic heterocycles. The minimum absolute atomic E-state index is 0.0668. The molecular formula is C20H24N4O4. The van der Waals surface area contributed by atoms with Crippen molar-refractivity contribution in [1.29, 1.82) is 0 Å². The minimum Gasteiger partial charge on any atom is -0.372 e. The standard InChI is InChI=1S/C20H24N4O4/c1-13-11-23(12-14(2)28-13)20(25)16-7-8-18(19(10-16)24(26)27)22-15(3)17-6-4-5-9-21-17/h4-10,13-15,22H,11-12H2,1-3H3. The molecule has 1 fully saturated rings. The van der Waals surface area contributed by atoms with Crippen LogP contribution in [0.3, 0.4) is 0 Å². The molecule has 28 heavy (non-hydrogen) atoms. The lowest BCUT2D eigenvalue weighted by atomic mass is 10.1. The Hall–Kier alpha value is -3.00. The number of nitro benzene ring substituents is 1. The number of nitrogens with zero attached hydrogens (tertiary/aromatic N) is 3. The number of nitrogens with one attached hydrogen (secondary N) is 1. The van der Waals surface area contributed by atoms with E-state index < -0.39 is 4.92 Å². The third-order valence-corrected chi connectivity index (χ3v) is 4.65. The van der Waals surface area contributed by atoms with Crippen LogP contribution in [-0.2, 0) is 4.74 Å². The van der Waals surface area contributed by atoms with E-state index in [2.05, 4.69) is 10.3 Å². The minimum atomic E-state index is -0.477. The van der Waals surface area contributed by atoms with E-state index in [9.17, 15) is 14.9 Å². The molecule has 2 heterocycles. The van der Waals surface area contributed by atoms with Crippen molar-refractivity contribution in [2.45, 2.75) is 39.0 Å². The molecule has 0 bridgehead atoms. The van der Waals surface area contributed by atoms with Crippen molar-refractivity contribution < 1.29 is 14.5 Å². The fraction of sp³-hybridized carbons (Fsp3) is 0.400. The first-order chi connectivity index (χ1) is 13.3. The fourth-order valence-electron chi connectivity index (χ4n) is 3.40. The highest BCUT2D eigenvalue weighted by atomic mass is 16.6. The highest BCUT2D eigenvalue weighted by Crippen LogP contribution is 2.29. The number of aromatic nitrogens is 1. The molecule has 2 aromatic rings. The van der Waals surface area contributed by atoms with Gasteiger partial charge in [-0.15, -0.1) is 0 Å². The highest BCUT2D eigenvalue weighted by Gasteiger charge is 2.28. The number of ether oxygens (including phenoxy) is 1. The summed E-state index contributed by atoms with van der Waals surface area (Å²) in [6.45, 7) is 6.62. The summed E-state index contributed by atoms with van der Waals surface area (Å²) in [5.74, 6) is -0.227. The van der Waals surface area contributed by atoms with Crippen molar-refractivity contribution in [1.82, 2.24) is 9.88 Å². The van der Waals surface area contributed by atoms with Gasteiger partial charge in [-0.1, -0.05) is 6.07 Å². The average molecular weight is 384 g/mol. The van der Waals surface area contributed by atoms with Gasteiger partial charge in [0.05, 0.1) is 28.9 Å². The molecule has 0 aliphatic carbocycles. The number of benzene rings is 1. The van der Waals surface area contributed by atoms with Crippen LogP contribution in [0.5, 0.6) is 0 Å². The summed E-state index contributed by atoms with van der Waals surface area (Å²) < 4.78 is 5.65. The molecule has 3 rings (SSSR count). The van der Waals surface area contributed by atoms with Crippen LogP contribution >= 0.6 is 0 Å². The van der Waals surface area contributed by atoms with Crippen LogP contribution in [-0.4, -0.2) is 46.0 Å². The van der Waals surface area contributed by atoms with E-state index in [0.29, 0.717) is 24.3 Å². The zero-order chi connectivity index (χ0) is 20.3. The van der Waals surface area contributed by atoms with Crippen molar-refractivity contribution in [2.75, 3.05) is 18.4 Å². The molecule has 1 amide bonds. The predicted octanol–water partition coefficient (Wildman–Crippen LogP) is 3.41. The first kappa shape index (κ1) is 19.8. The lowest BCUT2D eigenvalue weighted by Gasteiger charge is -2.35. The van der Waals surface area contributed by atoms with Crippen molar-refractivity contribution in [3.8, 4) is 0 Å². The molecule has 1 N–H and O–H groups in total. The molecule has 1 aromatic carbocycles. The summed E-state index contributed by atoms with van der Waals surface area (Å²) in [6, 6.07) is 9.84. The number of morpholine rings is 1. The van der Waals surface area contributed by atoms with E-state index in [1.54, 1.807) is 23.2 Å². The monoisotopic (exact) mass is 384 g/mol. The van der Waals surface area contributed by atoms with Gasteiger partial charge >= 0.3 is 0 Å². The second-order valence-corrected chi connectivity index (χ2v) is 7.08. The van der Waals surface area contributed by atoms with Crippen molar-refractivity contribution >= 4 is 17.3 Å². The zero-order valence-electron chi connectivity index (χ0n) is 16.2. The van der Waals surface area contributed by atoms with Gasteiger partial charge in [-0.25, -0.2) is 0 Å². The van der Waals surface area contributed by atoms with Crippen molar-refractivity contribution in [2.24, 2.45) is 0 Å². The summed E-state index contributed by atoms with van der Waals surface area (Å²) in [7, 11) is 0. The number of rotatable bonds is 5. The van der Waals surface area contributed by atoms with E-state index in [-0.39, 0.29) is 29.8 Å². The summed E-state index contributed by atoms with van der Waals surface area (Å²) >= 11 is 0. The smallest absolute Gasteiger partial charge is 0.293 e. The first-order valence-electron chi connectivity index (χ1n) is 9.25. The molecule has 1 saturated heterocycles. The topological polar surface area (TPSA) is 97.6 Å². The van der Waals surface area contributed by atoms with Crippen LogP contribution < -0.4 is 5.32 Å². The summed E-state index contributed by atoms with van der Waals surface area (Å²) in [4.78, 5) is 29.9. The lowest BCUT2D eigenvalue weighted by molar-refractivity contribution is -0.384. The molecule has 3 atom stereocenters. The Balaban J connectivity index is 1.83. The second-order valence-electron chi connectivity index (χ2n) is 7.08. The first-order valence-corrected chi connectivity index (χ1v) is 9.25. The number of carbonyl (C=O) groups is 1. The van der Waals surface area contributed by atoms with Crippen LogP contribution in [0.15, 0.2) is 42.6 Å². The van der Waals surface area contributed by atoms with Gasteiger partial charge in [0.1, 0.15) is 5.69 Å². The number of hydrogen-bond donors (Lipinski definition) is 1. The Kier molecular flexibility index (Phi) is 5.89. The quantitative estimate of drug-likeness (QED) is 0.627. The van der Waals surface area contributed by atoms with Gasteiger partial charge in [-0.2, -0.15) is 0 Å². The third-order valence-electron chi connectivity index (χ3n) is 4.65. The largest absolute Gasteiger partial charge is 0.372 e. The van der Waals surface area contributed by atoms with Gasteiger partial charge in [0.15, 0.2) is 0 Å². The molecular weight excluding hydrogens is 360 g/mol. The van der Waals surface area contributed by atoms with Crippen molar-refractivity contribution in [3.63, 3.8) is 0 Å². The maximum Gasteiger partial charge on any atom is 0.293 e. The molecule has 0 radical (unpaired) electrons.